The molecule has 1 N–H and O–H groups in total. The van der Waals surface area contributed by atoms with Crippen molar-refractivity contribution in [2.45, 2.75) is 6.04 Å². The highest BCUT2D eigenvalue weighted by Crippen LogP contribution is 2.28. The zero-order valence-corrected chi connectivity index (χ0v) is 16.1. The molecule has 0 saturated carbocycles. The molecule has 0 saturated heterocycles. The van der Waals surface area contributed by atoms with Gasteiger partial charge in [0.25, 0.3) is 5.91 Å². The Morgan fingerprint density at radius 2 is 1.67 bits per heavy atom. The Labute approximate surface area is 172 Å². The number of nitrogens with zero attached hydrogens (tertiary/aromatic N) is 2. The molecule has 1 aromatic heterocycles. The number of halogens is 1. The van der Waals surface area contributed by atoms with Gasteiger partial charge >= 0.3 is 0 Å². The summed E-state index contributed by atoms with van der Waals surface area (Å²) in [4.78, 5) is 13.0. The number of aromatic nitrogens is 2. The molecule has 0 aliphatic rings. The topological polar surface area (TPSA) is 77.2 Å². The minimum absolute atomic E-state index is 0.0715. The lowest BCUT2D eigenvalue weighted by molar-refractivity contribution is 0.0934. The van der Waals surface area contributed by atoms with E-state index in [2.05, 4.69) is 15.5 Å². The molecule has 0 spiro atoms. The van der Waals surface area contributed by atoms with Crippen molar-refractivity contribution in [3.05, 3.63) is 102 Å². The average molecular weight is 403 g/mol. The summed E-state index contributed by atoms with van der Waals surface area (Å²) >= 11 is 0. The van der Waals surface area contributed by atoms with E-state index in [-0.39, 0.29) is 17.3 Å². The lowest BCUT2D eigenvalue weighted by Gasteiger charge is -2.17. The van der Waals surface area contributed by atoms with Crippen LogP contribution >= 0.6 is 0 Å². The van der Waals surface area contributed by atoms with Gasteiger partial charge in [0.1, 0.15) is 17.6 Å². The number of hydrogen-bond acceptors (Lipinski definition) is 5. The second-order valence-corrected chi connectivity index (χ2v) is 6.44. The van der Waals surface area contributed by atoms with Crippen molar-refractivity contribution in [1.82, 2.24) is 15.5 Å². The third-order valence-corrected chi connectivity index (χ3v) is 4.55. The van der Waals surface area contributed by atoms with Gasteiger partial charge in [-0.2, -0.15) is 0 Å². The van der Waals surface area contributed by atoms with Gasteiger partial charge in [-0.15, -0.1) is 10.2 Å². The summed E-state index contributed by atoms with van der Waals surface area (Å²) in [6.45, 7) is 0. The first-order chi connectivity index (χ1) is 14.7. The molecular formula is C23H18FN3O3. The first kappa shape index (κ1) is 19.3. The van der Waals surface area contributed by atoms with Crippen molar-refractivity contribution in [3.63, 3.8) is 0 Å². The van der Waals surface area contributed by atoms with Crippen LogP contribution in [0.4, 0.5) is 4.39 Å². The van der Waals surface area contributed by atoms with E-state index >= 15 is 0 Å². The molecule has 30 heavy (non-hydrogen) atoms. The van der Waals surface area contributed by atoms with Gasteiger partial charge in [0, 0.05) is 11.1 Å². The fraction of sp³-hybridized carbons (Fsp3) is 0.0870. The predicted molar refractivity (Wildman–Crippen MR) is 108 cm³/mol. The number of nitrogens with one attached hydrogen (secondary N) is 1. The van der Waals surface area contributed by atoms with Crippen LogP contribution in [-0.2, 0) is 0 Å². The molecule has 150 valence electrons. The van der Waals surface area contributed by atoms with E-state index < -0.39 is 17.8 Å². The molecule has 1 amide bonds. The summed E-state index contributed by atoms with van der Waals surface area (Å²) in [7, 11) is 1.48. The molecular weight excluding hydrogens is 385 g/mol. The molecule has 0 aliphatic carbocycles. The number of carbonyl (C=O) groups excluding carboxylic acids is 1. The summed E-state index contributed by atoms with van der Waals surface area (Å²) in [6.07, 6.45) is 0. The third kappa shape index (κ3) is 3.91. The highest BCUT2D eigenvalue weighted by molar-refractivity contribution is 5.97. The molecule has 6 nitrogen and oxygen atoms in total. The molecule has 4 rings (SSSR count). The van der Waals surface area contributed by atoms with Gasteiger partial charge < -0.3 is 14.5 Å². The first-order valence-corrected chi connectivity index (χ1v) is 9.24. The fourth-order valence-electron chi connectivity index (χ4n) is 3.07. The molecule has 0 bridgehead atoms. The predicted octanol–water partition coefficient (Wildman–Crippen LogP) is 4.40. The van der Waals surface area contributed by atoms with E-state index in [9.17, 15) is 9.18 Å². The van der Waals surface area contributed by atoms with E-state index in [0.717, 1.165) is 5.56 Å². The van der Waals surface area contributed by atoms with Gasteiger partial charge in [0.15, 0.2) is 0 Å². The number of benzene rings is 3. The fourth-order valence-corrected chi connectivity index (χ4v) is 3.07. The van der Waals surface area contributed by atoms with E-state index in [1.165, 1.54) is 13.2 Å². The largest absolute Gasteiger partial charge is 0.496 e. The Hall–Kier alpha value is -4.00. The quantitative estimate of drug-likeness (QED) is 0.516. The van der Waals surface area contributed by atoms with Crippen molar-refractivity contribution in [2.75, 3.05) is 7.11 Å². The Balaban J connectivity index is 1.72. The lowest BCUT2D eigenvalue weighted by atomic mass is 10.1. The van der Waals surface area contributed by atoms with E-state index in [0.29, 0.717) is 11.3 Å². The van der Waals surface area contributed by atoms with Gasteiger partial charge in [0.2, 0.25) is 11.8 Å². The van der Waals surface area contributed by atoms with Crippen LogP contribution in [-0.4, -0.2) is 23.2 Å². The van der Waals surface area contributed by atoms with Crippen LogP contribution < -0.4 is 10.1 Å². The first-order valence-electron chi connectivity index (χ1n) is 9.24. The van der Waals surface area contributed by atoms with E-state index in [1.54, 1.807) is 42.5 Å². The number of rotatable bonds is 6. The third-order valence-electron chi connectivity index (χ3n) is 4.55. The zero-order valence-electron chi connectivity index (χ0n) is 16.1. The maximum Gasteiger partial charge on any atom is 0.255 e. The summed E-state index contributed by atoms with van der Waals surface area (Å²) in [5.74, 6) is -0.207. The van der Waals surface area contributed by atoms with Gasteiger partial charge in [-0.1, -0.05) is 48.5 Å². The van der Waals surface area contributed by atoms with Gasteiger partial charge in [-0.25, -0.2) is 4.39 Å². The van der Waals surface area contributed by atoms with Crippen molar-refractivity contribution in [3.8, 4) is 17.2 Å². The van der Waals surface area contributed by atoms with Crippen LogP contribution in [0.5, 0.6) is 5.75 Å². The Bertz CT molecular complexity index is 1160. The number of para-hydroxylation sites is 1. The van der Waals surface area contributed by atoms with Crippen LogP contribution in [0.25, 0.3) is 11.5 Å². The summed E-state index contributed by atoms with van der Waals surface area (Å²) in [5.41, 5.74) is 1.24. The smallest absolute Gasteiger partial charge is 0.255 e. The Morgan fingerprint density at radius 1 is 0.967 bits per heavy atom. The standard InChI is InChI=1S/C23H18FN3O3/c1-29-19-14-8-6-12-17(19)21(28)25-20(16-11-5-7-13-18(16)24)23-27-26-22(30-23)15-9-3-2-4-10-15/h2-14,20H,1H3,(H,25,28)/t20-/m0/s1. The molecule has 0 radical (unpaired) electrons. The monoisotopic (exact) mass is 403 g/mol. The lowest BCUT2D eigenvalue weighted by Crippen LogP contribution is -2.30. The van der Waals surface area contributed by atoms with Crippen LogP contribution in [0.1, 0.15) is 27.9 Å². The Morgan fingerprint density at radius 3 is 2.43 bits per heavy atom. The van der Waals surface area contributed by atoms with Gasteiger partial charge in [-0.3, -0.25) is 4.79 Å². The second kappa shape index (κ2) is 8.57. The molecule has 4 aromatic rings. The molecule has 7 heteroatoms. The van der Waals surface area contributed by atoms with Crippen molar-refractivity contribution < 1.29 is 18.3 Å². The number of hydrogen-bond donors (Lipinski definition) is 1. The molecule has 0 unspecified atom stereocenters. The van der Waals surface area contributed by atoms with Crippen molar-refractivity contribution >= 4 is 5.91 Å². The van der Waals surface area contributed by atoms with Crippen molar-refractivity contribution in [1.29, 1.82) is 0 Å². The van der Waals surface area contributed by atoms with E-state index in [1.807, 2.05) is 30.3 Å². The number of methoxy groups -OCH3 is 1. The number of amides is 1. The molecule has 1 atom stereocenters. The number of carbonyl (C=O) groups is 1. The summed E-state index contributed by atoms with van der Waals surface area (Å²) < 4.78 is 25.6. The zero-order chi connectivity index (χ0) is 20.9. The van der Waals surface area contributed by atoms with Crippen LogP contribution in [0.15, 0.2) is 83.3 Å². The Kier molecular flexibility index (Phi) is 5.52. The second-order valence-electron chi connectivity index (χ2n) is 6.44. The van der Waals surface area contributed by atoms with Crippen LogP contribution in [0.2, 0.25) is 0 Å². The minimum Gasteiger partial charge on any atom is -0.496 e. The van der Waals surface area contributed by atoms with Gasteiger partial charge in [-0.05, 0) is 30.3 Å². The molecule has 3 aromatic carbocycles. The SMILES string of the molecule is COc1ccccc1C(=O)N[C@H](c1nnc(-c2ccccc2)o1)c1ccccc1F. The molecule has 0 fully saturated rings. The van der Waals surface area contributed by atoms with Gasteiger partial charge in [0.05, 0.1) is 12.7 Å². The van der Waals surface area contributed by atoms with Crippen molar-refractivity contribution in [2.24, 2.45) is 0 Å². The average Bonchev–Trinajstić information content (AvgIpc) is 3.28. The number of ether oxygens (including phenoxy) is 1. The minimum atomic E-state index is -0.978. The van der Waals surface area contributed by atoms with E-state index in [4.69, 9.17) is 9.15 Å². The summed E-state index contributed by atoms with van der Waals surface area (Å²) in [6, 6.07) is 21.1. The molecule has 1 heterocycles. The maximum atomic E-state index is 14.6. The highest BCUT2D eigenvalue weighted by atomic mass is 19.1. The maximum absolute atomic E-state index is 14.6. The summed E-state index contributed by atoms with van der Waals surface area (Å²) in [5, 5.41) is 10.9. The normalized spacial score (nSPS) is 11.7. The van der Waals surface area contributed by atoms with Crippen LogP contribution in [0, 0.1) is 5.82 Å². The molecule has 0 aliphatic heterocycles. The van der Waals surface area contributed by atoms with Crippen LogP contribution in [0.3, 0.4) is 0 Å². The highest BCUT2D eigenvalue weighted by Gasteiger charge is 2.27.